The number of benzene rings is 1. The fourth-order valence-electron chi connectivity index (χ4n) is 2.89. The molecule has 0 N–H and O–H groups in total. The van der Waals surface area contributed by atoms with E-state index in [0.29, 0.717) is 28.7 Å². The van der Waals surface area contributed by atoms with Gasteiger partial charge in [-0.05, 0) is 42.5 Å². The lowest BCUT2D eigenvalue weighted by molar-refractivity contribution is -0.148. The lowest BCUT2D eigenvalue weighted by atomic mass is 9.99. The van der Waals surface area contributed by atoms with Crippen LogP contribution in [0.15, 0.2) is 18.2 Å². The van der Waals surface area contributed by atoms with Crippen LogP contribution in [0, 0.1) is 5.92 Å². The van der Waals surface area contributed by atoms with Gasteiger partial charge in [0.2, 0.25) is 5.75 Å². The van der Waals surface area contributed by atoms with Gasteiger partial charge in [0.15, 0.2) is 18.1 Å². The quantitative estimate of drug-likeness (QED) is 0.537. The molecular formula is C20H27NO6. The first kappa shape index (κ1) is 20.6. The Morgan fingerprint density at radius 2 is 1.67 bits per heavy atom. The molecule has 1 amide bonds. The molecule has 7 nitrogen and oxygen atoms in total. The first-order valence-electron chi connectivity index (χ1n) is 8.91. The number of carbonyl (C=O) groups is 2. The molecule has 0 aromatic heterocycles. The molecule has 1 heterocycles. The standard InChI is InChI=1S/C20H27NO6/c1-14-7-9-21(10-8-14)18(22)13-27-19(23)6-5-15-11-16(24-2)20(26-4)17(12-15)25-3/h5-6,11-12,14H,7-10,13H2,1-4H3. The van der Waals surface area contributed by atoms with Gasteiger partial charge in [0.05, 0.1) is 21.3 Å². The number of ether oxygens (including phenoxy) is 4. The highest BCUT2D eigenvalue weighted by atomic mass is 16.5. The molecule has 148 valence electrons. The lowest BCUT2D eigenvalue weighted by Gasteiger charge is -2.30. The summed E-state index contributed by atoms with van der Waals surface area (Å²) in [6.07, 6.45) is 4.81. The van der Waals surface area contributed by atoms with Gasteiger partial charge in [-0.15, -0.1) is 0 Å². The molecule has 2 rings (SSSR count). The number of esters is 1. The maximum atomic E-state index is 12.1. The largest absolute Gasteiger partial charge is 0.493 e. The van der Waals surface area contributed by atoms with E-state index in [0.717, 1.165) is 25.9 Å². The fraction of sp³-hybridized carbons (Fsp3) is 0.500. The van der Waals surface area contributed by atoms with Crippen LogP contribution in [-0.4, -0.2) is 57.8 Å². The van der Waals surface area contributed by atoms with Crippen LogP contribution in [0.5, 0.6) is 17.2 Å². The molecule has 1 aliphatic rings. The number of amides is 1. The van der Waals surface area contributed by atoms with Gasteiger partial charge in [0.1, 0.15) is 0 Å². The maximum absolute atomic E-state index is 12.1. The van der Waals surface area contributed by atoms with Crippen molar-refractivity contribution in [2.45, 2.75) is 19.8 Å². The van der Waals surface area contributed by atoms with Crippen molar-refractivity contribution >= 4 is 18.0 Å². The van der Waals surface area contributed by atoms with Crippen molar-refractivity contribution in [2.24, 2.45) is 5.92 Å². The normalized spacial score (nSPS) is 14.9. The van der Waals surface area contributed by atoms with Crippen LogP contribution in [-0.2, 0) is 14.3 Å². The van der Waals surface area contributed by atoms with Crippen molar-refractivity contribution < 1.29 is 28.5 Å². The summed E-state index contributed by atoms with van der Waals surface area (Å²) >= 11 is 0. The SMILES string of the molecule is COc1cc(C=CC(=O)OCC(=O)N2CCC(C)CC2)cc(OC)c1OC. The van der Waals surface area contributed by atoms with Gasteiger partial charge in [0, 0.05) is 19.2 Å². The molecule has 0 radical (unpaired) electrons. The van der Waals surface area contributed by atoms with Crippen LogP contribution in [0.25, 0.3) is 6.08 Å². The number of piperidine rings is 1. The zero-order valence-electron chi connectivity index (χ0n) is 16.3. The average molecular weight is 377 g/mol. The molecule has 0 aliphatic carbocycles. The smallest absolute Gasteiger partial charge is 0.331 e. The molecule has 7 heteroatoms. The molecule has 0 spiro atoms. The number of carbonyl (C=O) groups excluding carboxylic acids is 2. The van der Waals surface area contributed by atoms with Crippen LogP contribution in [0.3, 0.4) is 0 Å². The highest BCUT2D eigenvalue weighted by Crippen LogP contribution is 2.38. The second-order valence-corrected chi connectivity index (χ2v) is 6.46. The summed E-state index contributed by atoms with van der Waals surface area (Å²) in [5.41, 5.74) is 0.679. The van der Waals surface area contributed by atoms with Crippen molar-refractivity contribution in [1.82, 2.24) is 4.90 Å². The Balaban J connectivity index is 1.93. The van der Waals surface area contributed by atoms with E-state index in [4.69, 9.17) is 18.9 Å². The summed E-state index contributed by atoms with van der Waals surface area (Å²) in [7, 11) is 4.56. The van der Waals surface area contributed by atoms with E-state index in [-0.39, 0.29) is 12.5 Å². The predicted octanol–water partition coefficient (Wildman–Crippen LogP) is 2.53. The van der Waals surface area contributed by atoms with Gasteiger partial charge in [-0.1, -0.05) is 6.92 Å². The third-order valence-electron chi connectivity index (χ3n) is 4.57. The monoisotopic (exact) mass is 377 g/mol. The van der Waals surface area contributed by atoms with Crippen molar-refractivity contribution in [3.63, 3.8) is 0 Å². The van der Waals surface area contributed by atoms with Crippen LogP contribution in [0.1, 0.15) is 25.3 Å². The Bertz CT molecular complexity index is 667. The van der Waals surface area contributed by atoms with Gasteiger partial charge < -0.3 is 23.8 Å². The van der Waals surface area contributed by atoms with E-state index in [2.05, 4.69) is 6.92 Å². The molecule has 1 aromatic rings. The third kappa shape index (κ3) is 5.64. The summed E-state index contributed by atoms with van der Waals surface area (Å²) in [4.78, 5) is 25.8. The minimum absolute atomic E-state index is 0.156. The van der Waals surface area contributed by atoms with Gasteiger partial charge in [-0.25, -0.2) is 4.79 Å². The van der Waals surface area contributed by atoms with Crippen molar-refractivity contribution in [2.75, 3.05) is 41.0 Å². The molecule has 1 aliphatic heterocycles. The first-order chi connectivity index (χ1) is 13.0. The number of nitrogens with zero attached hydrogens (tertiary/aromatic N) is 1. The zero-order chi connectivity index (χ0) is 19.8. The molecule has 0 atom stereocenters. The van der Waals surface area contributed by atoms with E-state index in [1.165, 1.54) is 27.4 Å². The molecule has 1 aromatic carbocycles. The molecule has 1 fully saturated rings. The van der Waals surface area contributed by atoms with Gasteiger partial charge in [-0.2, -0.15) is 0 Å². The van der Waals surface area contributed by atoms with Gasteiger partial charge in [-0.3, -0.25) is 4.79 Å². The zero-order valence-corrected chi connectivity index (χ0v) is 16.3. The number of likely N-dealkylation sites (tertiary alicyclic amines) is 1. The van der Waals surface area contributed by atoms with Gasteiger partial charge >= 0.3 is 5.97 Å². The Hall–Kier alpha value is -2.70. The minimum atomic E-state index is -0.581. The minimum Gasteiger partial charge on any atom is -0.493 e. The first-order valence-corrected chi connectivity index (χ1v) is 8.91. The van der Waals surface area contributed by atoms with E-state index in [1.807, 2.05) is 0 Å². The highest BCUT2D eigenvalue weighted by Gasteiger charge is 2.20. The summed E-state index contributed by atoms with van der Waals surface area (Å²) in [6.45, 7) is 3.38. The second-order valence-electron chi connectivity index (χ2n) is 6.46. The number of hydrogen-bond acceptors (Lipinski definition) is 6. The van der Waals surface area contributed by atoms with Crippen molar-refractivity contribution in [1.29, 1.82) is 0 Å². The van der Waals surface area contributed by atoms with E-state index < -0.39 is 5.97 Å². The molecule has 1 saturated heterocycles. The number of hydrogen-bond donors (Lipinski definition) is 0. The summed E-state index contributed by atoms with van der Waals surface area (Å²) in [6, 6.07) is 3.43. The third-order valence-corrected chi connectivity index (χ3v) is 4.57. The highest BCUT2D eigenvalue weighted by molar-refractivity contribution is 5.89. The van der Waals surface area contributed by atoms with Gasteiger partial charge in [0.25, 0.3) is 5.91 Å². The number of methoxy groups -OCH3 is 3. The Labute approximate surface area is 159 Å². The predicted molar refractivity (Wildman–Crippen MR) is 101 cm³/mol. The molecule has 0 bridgehead atoms. The average Bonchev–Trinajstić information content (AvgIpc) is 2.69. The Morgan fingerprint density at radius 3 is 2.19 bits per heavy atom. The van der Waals surface area contributed by atoms with Crippen molar-refractivity contribution in [3.05, 3.63) is 23.8 Å². The van der Waals surface area contributed by atoms with Crippen LogP contribution >= 0.6 is 0 Å². The molecule has 27 heavy (non-hydrogen) atoms. The molecular weight excluding hydrogens is 350 g/mol. The summed E-state index contributed by atoms with van der Waals surface area (Å²) < 4.78 is 20.9. The van der Waals surface area contributed by atoms with Crippen LogP contribution in [0.2, 0.25) is 0 Å². The Kier molecular flexibility index (Phi) is 7.52. The number of rotatable bonds is 7. The Morgan fingerprint density at radius 1 is 1.07 bits per heavy atom. The van der Waals surface area contributed by atoms with E-state index in [9.17, 15) is 9.59 Å². The van der Waals surface area contributed by atoms with E-state index in [1.54, 1.807) is 23.1 Å². The lowest BCUT2D eigenvalue weighted by Crippen LogP contribution is -2.40. The maximum Gasteiger partial charge on any atom is 0.331 e. The summed E-state index contributed by atoms with van der Waals surface area (Å²) in [5.74, 6) is 1.34. The van der Waals surface area contributed by atoms with Crippen LogP contribution < -0.4 is 14.2 Å². The topological polar surface area (TPSA) is 74.3 Å². The molecule has 0 saturated carbocycles. The second kappa shape index (κ2) is 9.85. The fourth-order valence-corrected chi connectivity index (χ4v) is 2.89. The van der Waals surface area contributed by atoms with E-state index >= 15 is 0 Å². The van der Waals surface area contributed by atoms with Crippen LogP contribution in [0.4, 0.5) is 0 Å². The summed E-state index contributed by atoms with van der Waals surface area (Å²) in [5, 5.41) is 0. The molecule has 0 unspecified atom stereocenters. The van der Waals surface area contributed by atoms with Crippen molar-refractivity contribution in [3.8, 4) is 17.2 Å².